The summed E-state index contributed by atoms with van der Waals surface area (Å²) in [5, 5.41) is 2.86. The van der Waals surface area contributed by atoms with Crippen molar-refractivity contribution >= 4 is 17.7 Å². The highest BCUT2D eigenvalue weighted by atomic mass is 19.4. The molecule has 0 aliphatic carbocycles. The molecule has 1 heterocycles. The average molecular weight is 559 g/mol. The third-order valence-corrected chi connectivity index (χ3v) is 6.18. The van der Waals surface area contributed by atoms with E-state index in [-0.39, 0.29) is 30.5 Å². The van der Waals surface area contributed by atoms with E-state index in [1.165, 1.54) is 24.3 Å². The van der Waals surface area contributed by atoms with Crippen molar-refractivity contribution in [2.75, 3.05) is 38.7 Å². The van der Waals surface area contributed by atoms with E-state index in [2.05, 4.69) is 10.1 Å². The van der Waals surface area contributed by atoms with Crippen LogP contribution in [0.15, 0.2) is 72.8 Å². The molecule has 1 fully saturated rings. The summed E-state index contributed by atoms with van der Waals surface area (Å²) in [6, 6.07) is 19.1. The van der Waals surface area contributed by atoms with Crippen LogP contribution in [0.2, 0.25) is 0 Å². The van der Waals surface area contributed by atoms with Crippen LogP contribution in [0.5, 0.6) is 11.5 Å². The topological polar surface area (TPSA) is 86.3 Å². The number of hydrogen-bond acceptors (Lipinski definition) is 6. The molecule has 3 aromatic carbocycles. The van der Waals surface area contributed by atoms with E-state index >= 15 is 0 Å². The van der Waals surface area contributed by atoms with Crippen LogP contribution in [0.4, 0.5) is 23.7 Å². The van der Waals surface area contributed by atoms with Crippen molar-refractivity contribution in [1.29, 1.82) is 0 Å². The first-order valence-corrected chi connectivity index (χ1v) is 12.7. The summed E-state index contributed by atoms with van der Waals surface area (Å²) in [5.41, 5.74) is 1.98. The Morgan fingerprint density at radius 2 is 1.65 bits per heavy atom. The Balaban J connectivity index is 1.36. The maximum Gasteiger partial charge on any atom is 0.573 e. The van der Waals surface area contributed by atoms with Crippen LogP contribution >= 0.6 is 0 Å². The van der Waals surface area contributed by atoms with Gasteiger partial charge in [-0.3, -0.25) is 4.79 Å². The zero-order valence-electron chi connectivity index (χ0n) is 21.8. The summed E-state index contributed by atoms with van der Waals surface area (Å²) in [5.74, 6) is -0.154. The van der Waals surface area contributed by atoms with Gasteiger partial charge in [0.05, 0.1) is 6.61 Å². The summed E-state index contributed by atoms with van der Waals surface area (Å²) in [7, 11) is 1.54. The van der Waals surface area contributed by atoms with Gasteiger partial charge in [0.25, 0.3) is 5.91 Å². The molecule has 0 spiro atoms. The summed E-state index contributed by atoms with van der Waals surface area (Å²) >= 11 is 0. The Hall–Kier alpha value is -4.25. The molecule has 3 aromatic rings. The predicted molar refractivity (Wildman–Crippen MR) is 141 cm³/mol. The van der Waals surface area contributed by atoms with Gasteiger partial charge in [0.15, 0.2) is 0 Å². The molecule has 212 valence electrons. The number of piperidine rings is 1. The van der Waals surface area contributed by atoms with Gasteiger partial charge in [-0.2, -0.15) is 0 Å². The Kier molecular flexibility index (Phi) is 9.49. The van der Waals surface area contributed by atoms with Crippen molar-refractivity contribution < 1.29 is 41.7 Å². The smallest absolute Gasteiger partial charge is 0.490 e. The van der Waals surface area contributed by atoms with E-state index in [9.17, 15) is 22.8 Å². The van der Waals surface area contributed by atoms with E-state index in [0.29, 0.717) is 60.7 Å². The molecule has 11 heteroatoms. The van der Waals surface area contributed by atoms with E-state index in [4.69, 9.17) is 14.2 Å². The Morgan fingerprint density at radius 1 is 0.925 bits per heavy atom. The minimum absolute atomic E-state index is 0.0981. The maximum atomic E-state index is 13.2. The quantitative estimate of drug-likeness (QED) is 0.318. The first-order chi connectivity index (χ1) is 19.2. The number of carbonyl (C=O) groups is 2. The molecule has 40 heavy (non-hydrogen) atoms. The fourth-order valence-corrected chi connectivity index (χ4v) is 4.27. The highest BCUT2D eigenvalue weighted by Gasteiger charge is 2.31. The summed E-state index contributed by atoms with van der Waals surface area (Å²) in [6.45, 7) is 1.57. The van der Waals surface area contributed by atoms with E-state index in [0.717, 1.165) is 0 Å². The van der Waals surface area contributed by atoms with Gasteiger partial charge < -0.3 is 29.2 Å². The molecule has 8 nitrogen and oxygen atoms in total. The molecule has 0 saturated carbocycles. The molecule has 0 radical (unpaired) electrons. The molecule has 4 rings (SSSR count). The SMILES string of the molecule is COCCOC(=O)N1CCC(Oc2cccc(NC(=O)c3ccccc3-c3ccc(OC(F)(F)F)cc3)c2)CC1. The first kappa shape index (κ1) is 28.8. The zero-order chi connectivity index (χ0) is 28.5. The Bertz CT molecular complexity index is 1290. The molecule has 1 aliphatic heterocycles. The van der Waals surface area contributed by atoms with Gasteiger partial charge in [-0.05, 0) is 41.5 Å². The van der Waals surface area contributed by atoms with Gasteiger partial charge in [0.1, 0.15) is 24.2 Å². The number of hydrogen-bond donors (Lipinski definition) is 1. The van der Waals surface area contributed by atoms with Crippen LogP contribution in [0.3, 0.4) is 0 Å². The zero-order valence-corrected chi connectivity index (χ0v) is 21.8. The molecule has 0 unspecified atom stereocenters. The molecule has 0 bridgehead atoms. The fourth-order valence-electron chi connectivity index (χ4n) is 4.27. The number of nitrogens with zero attached hydrogens (tertiary/aromatic N) is 1. The van der Waals surface area contributed by atoms with Crippen molar-refractivity contribution in [3.8, 4) is 22.6 Å². The van der Waals surface area contributed by atoms with E-state index < -0.39 is 6.36 Å². The lowest BCUT2D eigenvalue weighted by Gasteiger charge is -2.31. The highest BCUT2D eigenvalue weighted by Crippen LogP contribution is 2.29. The van der Waals surface area contributed by atoms with E-state index in [1.54, 1.807) is 60.5 Å². The van der Waals surface area contributed by atoms with Gasteiger partial charge in [-0.15, -0.1) is 13.2 Å². The standard InChI is InChI=1S/C29H29F3N2O6/c1-37-17-18-38-28(36)34-15-13-22(14-16-34)39-24-6-4-5-21(19-24)33-27(35)26-8-3-2-7-25(26)20-9-11-23(12-10-20)40-29(30,31)32/h2-12,19,22H,13-18H2,1H3,(H,33,35). The molecule has 1 N–H and O–H groups in total. The van der Waals surface area contributed by atoms with Gasteiger partial charge in [-0.25, -0.2) is 4.79 Å². The fraction of sp³-hybridized carbons (Fsp3) is 0.310. The van der Waals surface area contributed by atoms with Crippen LogP contribution in [0.1, 0.15) is 23.2 Å². The summed E-state index contributed by atoms with van der Waals surface area (Å²) < 4.78 is 57.5. The molecular formula is C29H29F3N2O6. The lowest BCUT2D eigenvalue weighted by molar-refractivity contribution is -0.274. The molecular weight excluding hydrogens is 529 g/mol. The van der Waals surface area contributed by atoms with Crippen LogP contribution < -0.4 is 14.8 Å². The molecule has 2 amide bonds. The Labute approximate surface area is 229 Å². The van der Waals surface area contributed by atoms with Gasteiger partial charge >= 0.3 is 12.5 Å². The number of amides is 2. The number of anilines is 1. The lowest BCUT2D eigenvalue weighted by atomic mass is 9.99. The Morgan fingerprint density at radius 3 is 2.35 bits per heavy atom. The van der Waals surface area contributed by atoms with Crippen LogP contribution in [-0.2, 0) is 9.47 Å². The average Bonchev–Trinajstić information content (AvgIpc) is 2.93. The van der Waals surface area contributed by atoms with Crippen molar-refractivity contribution in [1.82, 2.24) is 4.90 Å². The monoisotopic (exact) mass is 558 g/mol. The predicted octanol–water partition coefficient (Wildman–Crippen LogP) is 6.13. The molecule has 0 atom stereocenters. The number of likely N-dealkylation sites (tertiary alicyclic amines) is 1. The first-order valence-electron chi connectivity index (χ1n) is 12.7. The number of ether oxygens (including phenoxy) is 4. The van der Waals surface area contributed by atoms with Crippen LogP contribution in [0, 0.1) is 0 Å². The number of benzene rings is 3. The van der Waals surface area contributed by atoms with Gasteiger partial charge in [0, 0.05) is 50.4 Å². The van der Waals surface area contributed by atoms with Crippen LogP contribution in [0.25, 0.3) is 11.1 Å². The van der Waals surface area contributed by atoms with Crippen molar-refractivity contribution in [2.45, 2.75) is 25.3 Å². The van der Waals surface area contributed by atoms with E-state index in [1.807, 2.05) is 0 Å². The second kappa shape index (κ2) is 13.2. The van der Waals surface area contributed by atoms with Gasteiger partial charge in [0.2, 0.25) is 0 Å². The highest BCUT2D eigenvalue weighted by molar-refractivity contribution is 6.08. The number of rotatable bonds is 9. The molecule has 1 aliphatic rings. The summed E-state index contributed by atoms with van der Waals surface area (Å²) in [4.78, 5) is 26.9. The minimum Gasteiger partial charge on any atom is -0.490 e. The third kappa shape index (κ3) is 8.12. The van der Waals surface area contributed by atoms with Crippen LogP contribution in [-0.4, -0.2) is 62.8 Å². The lowest BCUT2D eigenvalue weighted by Crippen LogP contribution is -2.42. The van der Waals surface area contributed by atoms with Crippen molar-refractivity contribution in [3.63, 3.8) is 0 Å². The number of nitrogens with one attached hydrogen (secondary N) is 1. The number of alkyl halides is 3. The second-order valence-corrected chi connectivity index (χ2v) is 9.01. The summed E-state index contributed by atoms with van der Waals surface area (Å²) in [6.07, 6.45) is -3.98. The largest absolute Gasteiger partial charge is 0.573 e. The molecule has 0 aromatic heterocycles. The molecule has 1 saturated heterocycles. The third-order valence-electron chi connectivity index (χ3n) is 6.18. The number of carbonyl (C=O) groups excluding carboxylic acids is 2. The minimum atomic E-state index is -4.78. The normalized spacial score (nSPS) is 13.9. The maximum absolute atomic E-state index is 13.2. The van der Waals surface area contributed by atoms with Crippen molar-refractivity contribution in [3.05, 3.63) is 78.4 Å². The number of methoxy groups -OCH3 is 1. The van der Waals surface area contributed by atoms with Gasteiger partial charge in [-0.1, -0.05) is 36.4 Å². The second-order valence-electron chi connectivity index (χ2n) is 9.01. The number of halogens is 3. The van der Waals surface area contributed by atoms with Crippen molar-refractivity contribution in [2.24, 2.45) is 0 Å².